The van der Waals surface area contributed by atoms with Gasteiger partial charge in [0.1, 0.15) is 0 Å². The van der Waals surface area contributed by atoms with Crippen LogP contribution in [0.4, 0.5) is 11.5 Å². The fraction of sp³-hybridized carbons (Fsp3) is 0.615. The fourth-order valence-electron chi connectivity index (χ4n) is 2.41. The number of ether oxygens (including phenoxy) is 1. The lowest BCUT2D eigenvalue weighted by Crippen LogP contribution is -2.24. The molecule has 0 radical (unpaired) electrons. The quantitative estimate of drug-likeness (QED) is 0.632. The summed E-state index contributed by atoms with van der Waals surface area (Å²) in [5.41, 5.74) is -0.0540. The molecule has 1 aromatic rings. The minimum Gasteiger partial charge on any atom is -0.481 e. The number of aromatic nitrogens is 1. The number of hydrogen-bond acceptors (Lipinski definition) is 6. The molecule has 1 aromatic heterocycles. The van der Waals surface area contributed by atoms with Crippen LogP contribution in [0.2, 0.25) is 0 Å². The molecule has 0 aromatic carbocycles. The molecular formula is C13H19N3O4. The highest BCUT2D eigenvalue weighted by Gasteiger charge is 2.21. The van der Waals surface area contributed by atoms with E-state index in [9.17, 15) is 15.2 Å². The number of aliphatic hydroxyl groups is 1. The molecule has 1 aliphatic carbocycles. The third-order valence-electron chi connectivity index (χ3n) is 3.63. The van der Waals surface area contributed by atoms with Crippen molar-refractivity contribution in [3.05, 3.63) is 22.2 Å². The largest absolute Gasteiger partial charge is 0.481 e. The van der Waals surface area contributed by atoms with Gasteiger partial charge in [-0.2, -0.15) is 4.98 Å². The number of methoxy groups -OCH3 is 1. The van der Waals surface area contributed by atoms with Crippen molar-refractivity contribution in [1.82, 2.24) is 4.98 Å². The Bertz CT molecular complexity index is 473. The van der Waals surface area contributed by atoms with Crippen LogP contribution in [0.15, 0.2) is 12.1 Å². The highest BCUT2D eigenvalue weighted by molar-refractivity contribution is 5.57. The van der Waals surface area contributed by atoms with E-state index in [0.29, 0.717) is 18.3 Å². The monoisotopic (exact) mass is 281 g/mol. The van der Waals surface area contributed by atoms with Crippen molar-refractivity contribution in [1.29, 1.82) is 0 Å². The van der Waals surface area contributed by atoms with Gasteiger partial charge in [-0.05, 0) is 31.6 Å². The molecule has 0 bridgehead atoms. The zero-order valence-electron chi connectivity index (χ0n) is 11.4. The molecule has 0 spiro atoms. The molecular weight excluding hydrogens is 262 g/mol. The van der Waals surface area contributed by atoms with E-state index in [1.54, 1.807) is 0 Å². The molecule has 7 nitrogen and oxygen atoms in total. The van der Waals surface area contributed by atoms with Crippen molar-refractivity contribution < 1.29 is 14.8 Å². The second-order valence-electron chi connectivity index (χ2n) is 5.03. The van der Waals surface area contributed by atoms with E-state index in [0.717, 1.165) is 25.7 Å². The van der Waals surface area contributed by atoms with Gasteiger partial charge in [0.05, 0.1) is 18.1 Å². The van der Waals surface area contributed by atoms with Crippen LogP contribution in [-0.2, 0) is 0 Å². The highest BCUT2D eigenvalue weighted by atomic mass is 16.6. The number of pyridine rings is 1. The van der Waals surface area contributed by atoms with Crippen molar-refractivity contribution >= 4 is 11.5 Å². The molecule has 0 saturated heterocycles. The lowest BCUT2D eigenvalue weighted by Gasteiger charge is -2.25. The molecule has 2 N–H and O–H groups in total. The van der Waals surface area contributed by atoms with E-state index in [4.69, 9.17) is 4.74 Å². The standard InChI is InChI=1S/C13H19N3O4/c1-20-12-7-6-11(16(18)19)13(15-12)14-8-9-2-4-10(17)5-3-9/h6-7,9-10,17H,2-5,8H2,1H3,(H,14,15). The normalized spacial score (nSPS) is 22.3. The highest BCUT2D eigenvalue weighted by Crippen LogP contribution is 2.28. The van der Waals surface area contributed by atoms with Gasteiger partial charge in [-0.3, -0.25) is 10.1 Å². The van der Waals surface area contributed by atoms with E-state index in [1.807, 2.05) is 0 Å². The summed E-state index contributed by atoms with van der Waals surface area (Å²) < 4.78 is 4.99. The molecule has 1 saturated carbocycles. The predicted molar refractivity (Wildman–Crippen MR) is 73.9 cm³/mol. The van der Waals surface area contributed by atoms with Crippen molar-refractivity contribution in [3.63, 3.8) is 0 Å². The number of nitro groups is 1. The molecule has 7 heteroatoms. The van der Waals surface area contributed by atoms with Crippen molar-refractivity contribution in [3.8, 4) is 5.88 Å². The van der Waals surface area contributed by atoms with Crippen molar-refractivity contribution in [2.24, 2.45) is 5.92 Å². The van der Waals surface area contributed by atoms with Gasteiger partial charge in [-0.1, -0.05) is 0 Å². The molecule has 1 heterocycles. The zero-order chi connectivity index (χ0) is 14.5. The number of nitrogens with one attached hydrogen (secondary N) is 1. The maximum absolute atomic E-state index is 11.0. The Kier molecular flexibility index (Phi) is 4.73. The second-order valence-corrected chi connectivity index (χ2v) is 5.03. The van der Waals surface area contributed by atoms with E-state index in [-0.39, 0.29) is 17.6 Å². The maximum Gasteiger partial charge on any atom is 0.311 e. The molecule has 0 atom stereocenters. The minimum absolute atomic E-state index is 0.0540. The molecule has 0 aliphatic heterocycles. The predicted octanol–water partition coefficient (Wildman–Crippen LogP) is 1.96. The summed E-state index contributed by atoms with van der Waals surface area (Å²) in [6.45, 7) is 0.619. The first-order valence-electron chi connectivity index (χ1n) is 6.71. The number of aliphatic hydroxyl groups excluding tert-OH is 1. The Morgan fingerprint density at radius 2 is 2.15 bits per heavy atom. The molecule has 0 amide bonds. The zero-order valence-corrected chi connectivity index (χ0v) is 11.4. The van der Waals surface area contributed by atoms with Gasteiger partial charge in [0.25, 0.3) is 0 Å². The van der Waals surface area contributed by atoms with Crippen molar-refractivity contribution in [2.45, 2.75) is 31.8 Å². The molecule has 20 heavy (non-hydrogen) atoms. The van der Waals surface area contributed by atoms with E-state index in [2.05, 4.69) is 10.3 Å². The molecule has 110 valence electrons. The van der Waals surface area contributed by atoms with E-state index in [1.165, 1.54) is 19.2 Å². The summed E-state index contributed by atoms with van der Waals surface area (Å²) in [6.07, 6.45) is 3.23. The van der Waals surface area contributed by atoms with Gasteiger partial charge in [0.2, 0.25) is 11.7 Å². The smallest absolute Gasteiger partial charge is 0.311 e. The maximum atomic E-state index is 11.0. The molecule has 1 fully saturated rings. The van der Waals surface area contributed by atoms with E-state index >= 15 is 0 Å². The summed E-state index contributed by atoms with van der Waals surface area (Å²) in [5.74, 6) is 0.989. The average molecular weight is 281 g/mol. The lowest BCUT2D eigenvalue weighted by molar-refractivity contribution is -0.384. The number of hydrogen-bond donors (Lipinski definition) is 2. The first kappa shape index (κ1) is 14.5. The Balaban J connectivity index is 2.02. The van der Waals surface area contributed by atoms with Gasteiger partial charge < -0.3 is 15.2 Å². The van der Waals surface area contributed by atoms with Gasteiger partial charge in [-0.15, -0.1) is 0 Å². The lowest BCUT2D eigenvalue weighted by atomic mass is 9.87. The summed E-state index contributed by atoms with van der Waals surface area (Å²) in [6, 6.07) is 2.86. The van der Waals surface area contributed by atoms with Crippen LogP contribution in [0, 0.1) is 16.0 Å². The Morgan fingerprint density at radius 1 is 1.45 bits per heavy atom. The third kappa shape index (κ3) is 3.57. The summed E-state index contributed by atoms with van der Waals surface area (Å²) in [7, 11) is 1.47. The Labute approximate surface area is 117 Å². The molecule has 2 rings (SSSR count). The van der Waals surface area contributed by atoms with Crippen LogP contribution in [0.5, 0.6) is 5.88 Å². The number of anilines is 1. The second kappa shape index (κ2) is 6.51. The van der Waals surface area contributed by atoms with Crippen LogP contribution >= 0.6 is 0 Å². The van der Waals surface area contributed by atoms with Crippen LogP contribution in [0.1, 0.15) is 25.7 Å². The Morgan fingerprint density at radius 3 is 2.75 bits per heavy atom. The number of rotatable bonds is 5. The fourth-order valence-corrected chi connectivity index (χ4v) is 2.41. The van der Waals surface area contributed by atoms with Gasteiger partial charge in [-0.25, -0.2) is 0 Å². The van der Waals surface area contributed by atoms with Gasteiger partial charge in [0, 0.05) is 18.7 Å². The summed E-state index contributed by atoms with van der Waals surface area (Å²) in [5, 5.41) is 23.5. The molecule has 1 aliphatic rings. The van der Waals surface area contributed by atoms with Crippen LogP contribution in [-0.4, -0.2) is 34.8 Å². The summed E-state index contributed by atoms with van der Waals surface area (Å²) >= 11 is 0. The van der Waals surface area contributed by atoms with E-state index < -0.39 is 4.92 Å². The first-order valence-corrected chi connectivity index (χ1v) is 6.71. The van der Waals surface area contributed by atoms with Crippen LogP contribution in [0.25, 0.3) is 0 Å². The molecule has 0 unspecified atom stereocenters. The summed E-state index contributed by atoms with van der Waals surface area (Å²) in [4.78, 5) is 14.6. The van der Waals surface area contributed by atoms with Crippen LogP contribution < -0.4 is 10.1 Å². The SMILES string of the molecule is COc1ccc([N+](=O)[O-])c(NCC2CCC(O)CC2)n1. The minimum atomic E-state index is -0.459. The van der Waals surface area contributed by atoms with Crippen LogP contribution in [0.3, 0.4) is 0 Å². The first-order chi connectivity index (χ1) is 9.60. The van der Waals surface area contributed by atoms with Crippen molar-refractivity contribution in [2.75, 3.05) is 19.0 Å². The Hall–Kier alpha value is -1.89. The number of nitrogens with zero attached hydrogens (tertiary/aromatic N) is 2. The topological polar surface area (TPSA) is 97.5 Å². The third-order valence-corrected chi connectivity index (χ3v) is 3.63. The average Bonchev–Trinajstić information content (AvgIpc) is 2.46. The van der Waals surface area contributed by atoms with Gasteiger partial charge in [0.15, 0.2) is 0 Å². The van der Waals surface area contributed by atoms with Gasteiger partial charge >= 0.3 is 5.69 Å².